The van der Waals surface area contributed by atoms with Crippen LogP contribution < -0.4 is 5.32 Å². The van der Waals surface area contributed by atoms with E-state index < -0.39 is 0 Å². The van der Waals surface area contributed by atoms with Crippen LogP contribution >= 0.6 is 11.3 Å². The second kappa shape index (κ2) is 6.10. The largest absolute Gasteiger partial charge is 0.350 e. The highest BCUT2D eigenvalue weighted by atomic mass is 32.1. The molecule has 21 heavy (non-hydrogen) atoms. The van der Waals surface area contributed by atoms with Crippen molar-refractivity contribution in [3.05, 3.63) is 58.9 Å². The molecule has 108 valence electrons. The molecule has 0 aliphatic heterocycles. The summed E-state index contributed by atoms with van der Waals surface area (Å²) in [6.07, 6.45) is 5.19. The van der Waals surface area contributed by atoms with Gasteiger partial charge in [0.05, 0.1) is 12.2 Å². The second-order valence-electron chi connectivity index (χ2n) is 5.09. The van der Waals surface area contributed by atoms with Gasteiger partial charge in [-0.05, 0) is 18.9 Å². The van der Waals surface area contributed by atoms with Gasteiger partial charge in [-0.1, -0.05) is 29.8 Å². The van der Waals surface area contributed by atoms with Crippen LogP contribution in [0, 0.1) is 6.92 Å². The van der Waals surface area contributed by atoms with Crippen LogP contribution in [0.5, 0.6) is 0 Å². The predicted octanol–water partition coefficient (Wildman–Crippen LogP) is 2.95. The molecule has 2 aromatic heterocycles. The molecule has 5 heteroatoms. The number of benzene rings is 1. The highest BCUT2D eigenvalue weighted by Crippen LogP contribution is 2.11. The molecule has 1 aromatic carbocycles. The zero-order valence-electron chi connectivity index (χ0n) is 11.9. The Morgan fingerprint density at radius 3 is 2.90 bits per heavy atom. The number of carbonyl (C=O) groups excluding carboxylic acids is 1. The molecule has 0 spiro atoms. The first-order valence-electron chi connectivity index (χ1n) is 6.94. The Bertz CT molecular complexity index is 714. The number of carbonyl (C=O) groups is 1. The minimum absolute atomic E-state index is 0.0620. The van der Waals surface area contributed by atoms with E-state index in [2.05, 4.69) is 41.5 Å². The first-order chi connectivity index (χ1) is 10.2. The fraction of sp³-hybridized carbons (Fsp3) is 0.250. The summed E-state index contributed by atoms with van der Waals surface area (Å²) in [7, 11) is 0. The summed E-state index contributed by atoms with van der Waals surface area (Å²) in [5.41, 5.74) is 3.33. The van der Waals surface area contributed by atoms with Crippen LogP contribution in [0.1, 0.15) is 23.2 Å². The van der Waals surface area contributed by atoms with E-state index in [1.54, 1.807) is 11.3 Å². The monoisotopic (exact) mass is 299 g/mol. The summed E-state index contributed by atoms with van der Waals surface area (Å²) in [6.45, 7) is 2.55. The maximum atomic E-state index is 11.9. The number of hydrogen-bond donors (Lipinski definition) is 1. The summed E-state index contributed by atoms with van der Waals surface area (Å²) >= 11 is 1.59. The SMILES string of the molecule is Cc1ccc(CCC(=O)NCc2cn3ccsc3n2)cc1. The molecule has 0 radical (unpaired) electrons. The first-order valence-corrected chi connectivity index (χ1v) is 7.82. The smallest absolute Gasteiger partial charge is 0.220 e. The lowest BCUT2D eigenvalue weighted by atomic mass is 10.1. The van der Waals surface area contributed by atoms with Gasteiger partial charge in [0.2, 0.25) is 5.91 Å². The first kappa shape index (κ1) is 13.8. The minimum atomic E-state index is 0.0620. The van der Waals surface area contributed by atoms with Crippen molar-refractivity contribution in [1.82, 2.24) is 14.7 Å². The molecule has 2 heterocycles. The van der Waals surface area contributed by atoms with E-state index in [0.717, 1.165) is 17.1 Å². The summed E-state index contributed by atoms with van der Waals surface area (Å²) in [5, 5.41) is 4.91. The molecule has 0 atom stereocenters. The average molecular weight is 299 g/mol. The minimum Gasteiger partial charge on any atom is -0.350 e. The van der Waals surface area contributed by atoms with Crippen LogP contribution in [0.2, 0.25) is 0 Å². The van der Waals surface area contributed by atoms with E-state index in [-0.39, 0.29) is 5.91 Å². The van der Waals surface area contributed by atoms with Crippen LogP contribution in [0.4, 0.5) is 0 Å². The van der Waals surface area contributed by atoms with Crippen LogP contribution in [0.15, 0.2) is 42.0 Å². The Morgan fingerprint density at radius 2 is 2.14 bits per heavy atom. The lowest BCUT2D eigenvalue weighted by Gasteiger charge is -2.04. The maximum absolute atomic E-state index is 11.9. The van der Waals surface area contributed by atoms with Crippen molar-refractivity contribution in [3.63, 3.8) is 0 Å². The van der Waals surface area contributed by atoms with Crippen molar-refractivity contribution in [2.24, 2.45) is 0 Å². The van der Waals surface area contributed by atoms with Crippen molar-refractivity contribution in [2.75, 3.05) is 0 Å². The molecule has 3 aromatic rings. The van der Waals surface area contributed by atoms with Gasteiger partial charge in [0, 0.05) is 24.2 Å². The Morgan fingerprint density at radius 1 is 1.33 bits per heavy atom. The summed E-state index contributed by atoms with van der Waals surface area (Å²) in [4.78, 5) is 17.3. The van der Waals surface area contributed by atoms with E-state index in [0.29, 0.717) is 13.0 Å². The quantitative estimate of drug-likeness (QED) is 0.787. The van der Waals surface area contributed by atoms with Gasteiger partial charge in [-0.3, -0.25) is 9.20 Å². The molecule has 0 fully saturated rings. The average Bonchev–Trinajstić information content (AvgIpc) is 3.05. The molecule has 0 bridgehead atoms. The van der Waals surface area contributed by atoms with Crippen LogP contribution in [-0.2, 0) is 17.8 Å². The molecule has 4 nitrogen and oxygen atoms in total. The van der Waals surface area contributed by atoms with E-state index in [4.69, 9.17) is 0 Å². The molecule has 0 unspecified atom stereocenters. The fourth-order valence-electron chi connectivity index (χ4n) is 2.15. The molecule has 0 aliphatic rings. The van der Waals surface area contributed by atoms with Gasteiger partial charge >= 0.3 is 0 Å². The number of amides is 1. The standard InChI is InChI=1S/C16H17N3OS/c1-12-2-4-13(5-3-12)6-7-15(20)17-10-14-11-19-8-9-21-16(19)18-14/h2-5,8-9,11H,6-7,10H2,1H3,(H,17,20). The third kappa shape index (κ3) is 3.49. The van der Waals surface area contributed by atoms with Gasteiger partial charge in [-0.15, -0.1) is 11.3 Å². The number of imidazole rings is 1. The lowest BCUT2D eigenvalue weighted by Crippen LogP contribution is -2.23. The number of fused-ring (bicyclic) bond motifs is 1. The molecule has 1 amide bonds. The van der Waals surface area contributed by atoms with E-state index >= 15 is 0 Å². The third-order valence-corrected chi connectivity index (χ3v) is 4.14. The Kier molecular flexibility index (Phi) is 4.01. The number of nitrogens with one attached hydrogen (secondary N) is 1. The zero-order valence-corrected chi connectivity index (χ0v) is 12.7. The highest BCUT2D eigenvalue weighted by Gasteiger charge is 2.05. The van der Waals surface area contributed by atoms with Crippen molar-refractivity contribution < 1.29 is 4.79 Å². The molecular weight excluding hydrogens is 282 g/mol. The summed E-state index contributed by atoms with van der Waals surface area (Å²) < 4.78 is 1.97. The van der Waals surface area contributed by atoms with Gasteiger partial charge in [0.25, 0.3) is 0 Å². The Balaban J connectivity index is 1.48. The van der Waals surface area contributed by atoms with Gasteiger partial charge in [0.1, 0.15) is 0 Å². The normalized spacial score (nSPS) is 10.9. The van der Waals surface area contributed by atoms with Crippen LogP contribution in [0.3, 0.4) is 0 Å². The van der Waals surface area contributed by atoms with Gasteiger partial charge in [0.15, 0.2) is 4.96 Å². The second-order valence-corrected chi connectivity index (χ2v) is 5.96. The molecular formula is C16H17N3OS. The Labute approximate surface area is 127 Å². The van der Waals surface area contributed by atoms with Gasteiger partial charge in [-0.25, -0.2) is 4.98 Å². The van der Waals surface area contributed by atoms with Crippen LogP contribution in [-0.4, -0.2) is 15.3 Å². The van der Waals surface area contributed by atoms with E-state index in [1.165, 1.54) is 11.1 Å². The maximum Gasteiger partial charge on any atom is 0.220 e. The number of hydrogen-bond acceptors (Lipinski definition) is 3. The number of rotatable bonds is 5. The number of nitrogens with zero attached hydrogens (tertiary/aromatic N) is 2. The summed E-state index contributed by atoms with van der Waals surface area (Å²) in [5.74, 6) is 0.0620. The molecule has 0 saturated carbocycles. The van der Waals surface area contributed by atoms with E-state index in [1.807, 2.05) is 22.2 Å². The molecule has 3 rings (SSSR count). The molecule has 0 saturated heterocycles. The highest BCUT2D eigenvalue weighted by molar-refractivity contribution is 7.15. The van der Waals surface area contributed by atoms with Crippen molar-refractivity contribution >= 4 is 22.2 Å². The third-order valence-electron chi connectivity index (χ3n) is 3.37. The zero-order chi connectivity index (χ0) is 14.7. The van der Waals surface area contributed by atoms with E-state index in [9.17, 15) is 4.79 Å². The fourth-order valence-corrected chi connectivity index (χ4v) is 2.87. The lowest BCUT2D eigenvalue weighted by molar-refractivity contribution is -0.121. The molecule has 1 N–H and O–H groups in total. The number of thiazole rings is 1. The van der Waals surface area contributed by atoms with Gasteiger partial charge < -0.3 is 5.32 Å². The number of aromatic nitrogens is 2. The van der Waals surface area contributed by atoms with Gasteiger partial charge in [-0.2, -0.15) is 0 Å². The predicted molar refractivity (Wildman–Crippen MR) is 84.4 cm³/mol. The molecule has 0 aliphatic carbocycles. The van der Waals surface area contributed by atoms with Crippen LogP contribution in [0.25, 0.3) is 4.96 Å². The number of aryl methyl sites for hydroxylation is 2. The van der Waals surface area contributed by atoms with Crippen molar-refractivity contribution in [1.29, 1.82) is 0 Å². The van der Waals surface area contributed by atoms with Crippen molar-refractivity contribution in [3.8, 4) is 0 Å². The topological polar surface area (TPSA) is 46.4 Å². The Hall–Kier alpha value is -2.14. The summed E-state index contributed by atoms with van der Waals surface area (Å²) in [6, 6.07) is 8.30. The van der Waals surface area contributed by atoms with Crippen molar-refractivity contribution in [2.45, 2.75) is 26.3 Å².